The fourth-order valence-electron chi connectivity index (χ4n) is 1.21. The molecule has 5 nitrogen and oxygen atoms in total. The summed E-state index contributed by atoms with van der Waals surface area (Å²) in [4.78, 5) is 20.9. The summed E-state index contributed by atoms with van der Waals surface area (Å²) in [5.41, 5.74) is 0.306. The molecule has 0 bridgehead atoms. The SMILES string of the molecule is O=C(c1cnc(Br)cn1)N1CC(O)C1. The number of hydrogen-bond acceptors (Lipinski definition) is 4. The summed E-state index contributed by atoms with van der Waals surface area (Å²) >= 11 is 3.13. The third-order valence-corrected chi connectivity index (χ3v) is 2.40. The molecule has 2 heterocycles. The van der Waals surface area contributed by atoms with E-state index in [-0.39, 0.29) is 12.0 Å². The fourth-order valence-corrected chi connectivity index (χ4v) is 1.41. The van der Waals surface area contributed by atoms with Crippen molar-refractivity contribution in [2.45, 2.75) is 6.10 Å². The minimum absolute atomic E-state index is 0.185. The highest BCUT2D eigenvalue weighted by molar-refractivity contribution is 9.10. The molecule has 1 aliphatic heterocycles. The number of carbonyl (C=O) groups excluding carboxylic acids is 1. The number of nitrogens with zero attached hydrogens (tertiary/aromatic N) is 3. The Bertz CT molecular complexity index is 348. The van der Waals surface area contributed by atoms with E-state index in [1.807, 2.05) is 0 Å². The standard InChI is InChI=1S/C8H8BrN3O2/c9-7-2-10-6(1-11-7)8(14)12-3-5(13)4-12/h1-2,5,13H,3-4H2. The number of carbonyl (C=O) groups is 1. The molecule has 0 radical (unpaired) electrons. The van der Waals surface area contributed by atoms with Crippen molar-refractivity contribution in [2.75, 3.05) is 13.1 Å². The number of aliphatic hydroxyl groups is 1. The summed E-state index contributed by atoms with van der Waals surface area (Å²) in [5, 5.41) is 9.02. The molecule has 2 rings (SSSR count). The average molecular weight is 258 g/mol. The van der Waals surface area contributed by atoms with Gasteiger partial charge in [0.1, 0.15) is 10.3 Å². The predicted octanol–water partition coefficient (Wildman–Crippen LogP) is 0.0558. The Hall–Kier alpha value is -1.01. The van der Waals surface area contributed by atoms with Crippen LogP contribution in [-0.4, -0.2) is 45.1 Å². The first-order chi connectivity index (χ1) is 6.66. The predicted molar refractivity (Wildman–Crippen MR) is 51.6 cm³/mol. The van der Waals surface area contributed by atoms with E-state index < -0.39 is 0 Å². The zero-order valence-corrected chi connectivity index (χ0v) is 8.81. The van der Waals surface area contributed by atoms with Crippen LogP contribution in [0.3, 0.4) is 0 Å². The molecule has 0 aliphatic carbocycles. The van der Waals surface area contributed by atoms with Gasteiger partial charge in [-0.2, -0.15) is 0 Å². The van der Waals surface area contributed by atoms with Gasteiger partial charge in [-0.25, -0.2) is 9.97 Å². The van der Waals surface area contributed by atoms with Crippen LogP contribution in [0.4, 0.5) is 0 Å². The summed E-state index contributed by atoms with van der Waals surface area (Å²) in [5.74, 6) is -0.185. The summed E-state index contributed by atoms with van der Waals surface area (Å²) in [6.07, 6.45) is 2.50. The van der Waals surface area contributed by atoms with Gasteiger partial charge in [-0.3, -0.25) is 4.79 Å². The van der Waals surface area contributed by atoms with E-state index in [1.54, 1.807) is 0 Å². The van der Waals surface area contributed by atoms with Crippen molar-refractivity contribution in [3.63, 3.8) is 0 Å². The number of rotatable bonds is 1. The lowest BCUT2D eigenvalue weighted by Gasteiger charge is -2.35. The van der Waals surface area contributed by atoms with Crippen molar-refractivity contribution in [2.24, 2.45) is 0 Å². The maximum atomic E-state index is 11.6. The number of amides is 1. The maximum Gasteiger partial charge on any atom is 0.274 e. The third kappa shape index (κ3) is 1.76. The topological polar surface area (TPSA) is 66.3 Å². The number of halogens is 1. The minimum Gasteiger partial charge on any atom is -0.389 e. The van der Waals surface area contributed by atoms with E-state index in [0.29, 0.717) is 23.4 Å². The Labute approximate surface area is 88.9 Å². The molecular formula is C8H8BrN3O2. The highest BCUT2D eigenvalue weighted by Gasteiger charge is 2.30. The van der Waals surface area contributed by atoms with Crippen molar-refractivity contribution in [1.82, 2.24) is 14.9 Å². The first kappa shape index (κ1) is 9.54. The molecule has 6 heteroatoms. The molecule has 0 saturated carbocycles. The smallest absolute Gasteiger partial charge is 0.274 e. The molecule has 1 aromatic rings. The molecule has 1 N–H and O–H groups in total. The van der Waals surface area contributed by atoms with Crippen LogP contribution in [0.5, 0.6) is 0 Å². The Morgan fingerprint density at radius 2 is 2.21 bits per heavy atom. The normalized spacial score (nSPS) is 16.6. The van der Waals surface area contributed by atoms with E-state index in [9.17, 15) is 4.79 Å². The molecule has 0 unspecified atom stereocenters. The van der Waals surface area contributed by atoms with Crippen molar-refractivity contribution in [3.05, 3.63) is 22.7 Å². The molecule has 14 heavy (non-hydrogen) atoms. The van der Waals surface area contributed by atoms with E-state index >= 15 is 0 Å². The van der Waals surface area contributed by atoms with Crippen molar-refractivity contribution >= 4 is 21.8 Å². The number of aromatic nitrogens is 2. The summed E-state index contributed by atoms with van der Waals surface area (Å²) < 4.78 is 0.595. The minimum atomic E-state index is -0.387. The second kappa shape index (κ2) is 3.62. The van der Waals surface area contributed by atoms with Gasteiger partial charge in [-0.15, -0.1) is 0 Å². The third-order valence-electron chi connectivity index (χ3n) is 1.99. The summed E-state index contributed by atoms with van der Waals surface area (Å²) in [6.45, 7) is 0.771. The molecule has 1 amide bonds. The molecule has 1 saturated heterocycles. The van der Waals surface area contributed by atoms with Gasteiger partial charge in [0.15, 0.2) is 0 Å². The fraction of sp³-hybridized carbons (Fsp3) is 0.375. The maximum absolute atomic E-state index is 11.6. The van der Waals surface area contributed by atoms with Gasteiger partial charge < -0.3 is 10.0 Å². The van der Waals surface area contributed by atoms with Crippen LogP contribution in [0.25, 0.3) is 0 Å². The Balaban J connectivity index is 2.08. The molecule has 1 aromatic heterocycles. The van der Waals surface area contributed by atoms with Gasteiger partial charge in [0, 0.05) is 13.1 Å². The van der Waals surface area contributed by atoms with E-state index in [4.69, 9.17) is 5.11 Å². The lowest BCUT2D eigenvalue weighted by atomic mass is 10.1. The summed E-state index contributed by atoms with van der Waals surface area (Å²) in [7, 11) is 0. The van der Waals surface area contributed by atoms with Crippen LogP contribution in [0, 0.1) is 0 Å². The van der Waals surface area contributed by atoms with Gasteiger partial charge in [-0.05, 0) is 15.9 Å². The van der Waals surface area contributed by atoms with Crippen molar-refractivity contribution in [3.8, 4) is 0 Å². The second-order valence-electron chi connectivity index (χ2n) is 3.09. The number of likely N-dealkylation sites (tertiary alicyclic amines) is 1. The van der Waals surface area contributed by atoms with Gasteiger partial charge in [0.2, 0.25) is 0 Å². The quantitative estimate of drug-likeness (QED) is 0.773. The first-order valence-corrected chi connectivity index (χ1v) is 4.91. The summed E-state index contributed by atoms with van der Waals surface area (Å²) in [6, 6.07) is 0. The zero-order chi connectivity index (χ0) is 10.1. The lowest BCUT2D eigenvalue weighted by Crippen LogP contribution is -2.53. The van der Waals surface area contributed by atoms with Crippen LogP contribution in [0.2, 0.25) is 0 Å². The highest BCUT2D eigenvalue weighted by atomic mass is 79.9. The zero-order valence-electron chi connectivity index (χ0n) is 7.22. The highest BCUT2D eigenvalue weighted by Crippen LogP contribution is 2.12. The van der Waals surface area contributed by atoms with E-state index in [0.717, 1.165) is 0 Å². The molecule has 0 aromatic carbocycles. The molecule has 0 spiro atoms. The van der Waals surface area contributed by atoms with Crippen LogP contribution in [0.15, 0.2) is 17.0 Å². The van der Waals surface area contributed by atoms with Gasteiger partial charge in [0.25, 0.3) is 5.91 Å². The Kier molecular flexibility index (Phi) is 2.47. The Morgan fingerprint density at radius 1 is 1.50 bits per heavy atom. The van der Waals surface area contributed by atoms with Crippen LogP contribution < -0.4 is 0 Å². The monoisotopic (exact) mass is 257 g/mol. The lowest BCUT2D eigenvalue weighted by molar-refractivity contribution is 0.00547. The Morgan fingerprint density at radius 3 is 2.71 bits per heavy atom. The van der Waals surface area contributed by atoms with Crippen molar-refractivity contribution in [1.29, 1.82) is 0 Å². The van der Waals surface area contributed by atoms with Crippen LogP contribution in [0.1, 0.15) is 10.5 Å². The van der Waals surface area contributed by atoms with Crippen LogP contribution >= 0.6 is 15.9 Å². The largest absolute Gasteiger partial charge is 0.389 e. The molecular weight excluding hydrogens is 250 g/mol. The number of β-amino-alcohol motifs (C(OH)–C–C–N with tert-alkyl or cyclic N) is 1. The second-order valence-corrected chi connectivity index (χ2v) is 3.90. The number of hydrogen-bond donors (Lipinski definition) is 1. The molecule has 1 fully saturated rings. The van der Waals surface area contributed by atoms with E-state index in [2.05, 4.69) is 25.9 Å². The average Bonchev–Trinajstić information content (AvgIpc) is 2.13. The van der Waals surface area contributed by atoms with Gasteiger partial charge >= 0.3 is 0 Å². The van der Waals surface area contributed by atoms with E-state index in [1.165, 1.54) is 17.3 Å². The number of aliphatic hydroxyl groups excluding tert-OH is 1. The first-order valence-electron chi connectivity index (χ1n) is 4.11. The van der Waals surface area contributed by atoms with Gasteiger partial charge in [-0.1, -0.05) is 0 Å². The molecule has 1 aliphatic rings. The van der Waals surface area contributed by atoms with Crippen LogP contribution in [-0.2, 0) is 0 Å². The van der Waals surface area contributed by atoms with Crippen molar-refractivity contribution < 1.29 is 9.90 Å². The molecule has 0 atom stereocenters. The molecule has 74 valence electrons. The van der Waals surface area contributed by atoms with Gasteiger partial charge in [0.05, 0.1) is 18.5 Å².